The SMILES string of the molecule is CCC1CCNC(COC(C)C)C1. The van der Waals surface area contributed by atoms with Crippen molar-refractivity contribution < 1.29 is 4.74 Å². The van der Waals surface area contributed by atoms with E-state index < -0.39 is 0 Å². The van der Waals surface area contributed by atoms with Crippen molar-refractivity contribution in [1.29, 1.82) is 0 Å². The third-order valence-corrected chi connectivity index (χ3v) is 2.81. The molecule has 0 aromatic rings. The second-order valence-corrected chi connectivity index (χ2v) is 4.33. The molecule has 0 aromatic heterocycles. The maximum Gasteiger partial charge on any atom is 0.0623 e. The van der Waals surface area contributed by atoms with Crippen LogP contribution in [0.15, 0.2) is 0 Å². The molecule has 1 N–H and O–H groups in total. The van der Waals surface area contributed by atoms with Gasteiger partial charge < -0.3 is 10.1 Å². The Balaban J connectivity index is 2.18. The zero-order valence-electron chi connectivity index (χ0n) is 9.18. The maximum atomic E-state index is 5.61. The van der Waals surface area contributed by atoms with Crippen LogP contribution in [0.5, 0.6) is 0 Å². The van der Waals surface area contributed by atoms with Crippen LogP contribution in [0.2, 0.25) is 0 Å². The molecule has 13 heavy (non-hydrogen) atoms. The molecule has 0 radical (unpaired) electrons. The van der Waals surface area contributed by atoms with Gasteiger partial charge in [-0.2, -0.15) is 0 Å². The molecule has 1 fully saturated rings. The van der Waals surface area contributed by atoms with E-state index >= 15 is 0 Å². The summed E-state index contributed by atoms with van der Waals surface area (Å²) < 4.78 is 5.61. The fourth-order valence-electron chi connectivity index (χ4n) is 1.90. The van der Waals surface area contributed by atoms with Crippen LogP contribution in [0, 0.1) is 5.92 Å². The molecule has 1 aliphatic heterocycles. The maximum absolute atomic E-state index is 5.61. The molecule has 0 saturated carbocycles. The zero-order valence-corrected chi connectivity index (χ0v) is 9.18. The molecule has 78 valence electrons. The molecule has 1 aliphatic rings. The molecule has 2 unspecified atom stereocenters. The smallest absolute Gasteiger partial charge is 0.0623 e. The van der Waals surface area contributed by atoms with Crippen LogP contribution in [0.3, 0.4) is 0 Å². The van der Waals surface area contributed by atoms with Crippen LogP contribution >= 0.6 is 0 Å². The van der Waals surface area contributed by atoms with Crippen LogP contribution in [0.25, 0.3) is 0 Å². The Morgan fingerprint density at radius 1 is 1.46 bits per heavy atom. The fraction of sp³-hybridized carbons (Fsp3) is 1.00. The van der Waals surface area contributed by atoms with Crippen LogP contribution in [-0.2, 0) is 4.74 Å². The summed E-state index contributed by atoms with van der Waals surface area (Å²) in [5, 5.41) is 3.51. The van der Waals surface area contributed by atoms with E-state index in [0.29, 0.717) is 12.1 Å². The molecule has 2 atom stereocenters. The van der Waals surface area contributed by atoms with Crippen molar-refractivity contribution in [2.45, 2.75) is 52.2 Å². The Labute approximate surface area is 82.0 Å². The van der Waals surface area contributed by atoms with Crippen LogP contribution < -0.4 is 5.32 Å². The van der Waals surface area contributed by atoms with Crippen LogP contribution in [0.4, 0.5) is 0 Å². The van der Waals surface area contributed by atoms with Crippen LogP contribution in [0.1, 0.15) is 40.0 Å². The monoisotopic (exact) mass is 185 g/mol. The topological polar surface area (TPSA) is 21.3 Å². The van der Waals surface area contributed by atoms with Gasteiger partial charge in [-0.3, -0.25) is 0 Å². The van der Waals surface area contributed by atoms with Gasteiger partial charge in [0.05, 0.1) is 12.7 Å². The number of nitrogens with one attached hydrogen (secondary N) is 1. The third-order valence-electron chi connectivity index (χ3n) is 2.81. The van der Waals surface area contributed by atoms with E-state index in [2.05, 4.69) is 26.1 Å². The summed E-state index contributed by atoms with van der Waals surface area (Å²) in [6.45, 7) is 8.54. The van der Waals surface area contributed by atoms with E-state index in [4.69, 9.17) is 4.74 Å². The van der Waals surface area contributed by atoms with Gasteiger partial charge in [0.15, 0.2) is 0 Å². The molecule has 0 bridgehead atoms. The van der Waals surface area contributed by atoms with Crippen molar-refractivity contribution >= 4 is 0 Å². The highest BCUT2D eigenvalue weighted by molar-refractivity contribution is 4.77. The summed E-state index contributed by atoms with van der Waals surface area (Å²) >= 11 is 0. The van der Waals surface area contributed by atoms with Crippen molar-refractivity contribution in [3.63, 3.8) is 0 Å². The minimum absolute atomic E-state index is 0.365. The molecular weight excluding hydrogens is 162 g/mol. The zero-order chi connectivity index (χ0) is 9.68. The Kier molecular flexibility index (Phi) is 4.74. The third kappa shape index (κ3) is 4.10. The van der Waals surface area contributed by atoms with Gasteiger partial charge in [-0.1, -0.05) is 13.3 Å². The van der Waals surface area contributed by atoms with Crippen molar-refractivity contribution in [2.75, 3.05) is 13.2 Å². The number of piperidine rings is 1. The van der Waals surface area contributed by atoms with Crippen molar-refractivity contribution in [2.24, 2.45) is 5.92 Å². The lowest BCUT2D eigenvalue weighted by molar-refractivity contribution is 0.0499. The minimum atomic E-state index is 0.365. The summed E-state index contributed by atoms with van der Waals surface area (Å²) in [6, 6.07) is 0.598. The van der Waals surface area contributed by atoms with E-state index in [9.17, 15) is 0 Å². The van der Waals surface area contributed by atoms with Crippen molar-refractivity contribution in [1.82, 2.24) is 5.32 Å². The van der Waals surface area contributed by atoms with Gasteiger partial charge in [-0.05, 0) is 39.2 Å². The molecule has 1 heterocycles. The Hall–Kier alpha value is -0.0800. The lowest BCUT2D eigenvalue weighted by Gasteiger charge is -2.30. The Morgan fingerprint density at radius 2 is 2.23 bits per heavy atom. The van der Waals surface area contributed by atoms with E-state index in [1.165, 1.54) is 25.8 Å². The summed E-state index contributed by atoms with van der Waals surface area (Å²) in [5.74, 6) is 0.919. The molecule has 2 heteroatoms. The summed E-state index contributed by atoms with van der Waals surface area (Å²) in [6.07, 6.45) is 4.32. The molecule has 1 rings (SSSR count). The molecule has 0 aliphatic carbocycles. The second-order valence-electron chi connectivity index (χ2n) is 4.33. The van der Waals surface area contributed by atoms with Gasteiger partial charge in [-0.15, -0.1) is 0 Å². The Bertz CT molecular complexity index is 136. The highest BCUT2D eigenvalue weighted by Gasteiger charge is 2.20. The average molecular weight is 185 g/mol. The first-order valence-corrected chi connectivity index (χ1v) is 5.57. The van der Waals surface area contributed by atoms with Gasteiger partial charge in [0.1, 0.15) is 0 Å². The van der Waals surface area contributed by atoms with Gasteiger partial charge in [0, 0.05) is 6.04 Å². The first-order valence-electron chi connectivity index (χ1n) is 5.57. The van der Waals surface area contributed by atoms with E-state index in [1.807, 2.05) is 0 Å². The van der Waals surface area contributed by atoms with Gasteiger partial charge in [-0.25, -0.2) is 0 Å². The standard InChI is InChI=1S/C11H23NO/c1-4-10-5-6-12-11(7-10)8-13-9(2)3/h9-12H,4-8H2,1-3H3. The molecule has 2 nitrogen and oxygen atoms in total. The lowest BCUT2D eigenvalue weighted by Crippen LogP contribution is -2.41. The quantitative estimate of drug-likeness (QED) is 0.725. The predicted octanol–water partition coefficient (Wildman–Crippen LogP) is 2.19. The van der Waals surface area contributed by atoms with Gasteiger partial charge >= 0.3 is 0 Å². The Morgan fingerprint density at radius 3 is 2.85 bits per heavy atom. The minimum Gasteiger partial charge on any atom is -0.377 e. The van der Waals surface area contributed by atoms with Crippen molar-refractivity contribution in [3.05, 3.63) is 0 Å². The normalized spacial score (nSPS) is 29.5. The van der Waals surface area contributed by atoms with Crippen LogP contribution in [-0.4, -0.2) is 25.3 Å². The molecule has 0 aromatic carbocycles. The molecule has 0 spiro atoms. The summed E-state index contributed by atoms with van der Waals surface area (Å²) in [4.78, 5) is 0. The van der Waals surface area contributed by atoms with Gasteiger partial charge in [0.25, 0.3) is 0 Å². The van der Waals surface area contributed by atoms with E-state index in [1.54, 1.807) is 0 Å². The first-order chi connectivity index (χ1) is 6.22. The largest absolute Gasteiger partial charge is 0.377 e. The predicted molar refractivity (Wildman–Crippen MR) is 55.9 cm³/mol. The molecule has 0 amide bonds. The number of hydrogen-bond donors (Lipinski definition) is 1. The lowest BCUT2D eigenvalue weighted by atomic mass is 9.91. The summed E-state index contributed by atoms with van der Waals surface area (Å²) in [7, 11) is 0. The highest BCUT2D eigenvalue weighted by atomic mass is 16.5. The summed E-state index contributed by atoms with van der Waals surface area (Å²) in [5.41, 5.74) is 0. The molecule has 1 saturated heterocycles. The van der Waals surface area contributed by atoms with E-state index in [0.717, 1.165) is 12.5 Å². The fourth-order valence-corrected chi connectivity index (χ4v) is 1.90. The average Bonchev–Trinajstić information content (AvgIpc) is 2.15. The van der Waals surface area contributed by atoms with Gasteiger partial charge in [0.2, 0.25) is 0 Å². The number of ether oxygens (including phenoxy) is 1. The first kappa shape index (κ1) is 11.0. The van der Waals surface area contributed by atoms with E-state index in [-0.39, 0.29) is 0 Å². The highest BCUT2D eigenvalue weighted by Crippen LogP contribution is 2.19. The number of hydrogen-bond acceptors (Lipinski definition) is 2. The second kappa shape index (κ2) is 5.61. The number of rotatable bonds is 4. The van der Waals surface area contributed by atoms with Crippen molar-refractivity contribution in [3.8, 4) is 0 Å². The molecular formula is C11H23NO.